The van der Waals surface area contributed by atoms with Gasteiger partial charge in [-0.05, 0) is 38.0 Å². The summed E-state index contributed by atoms with van der Waals surface area (Å²) in [6.07, 6.45) is 4.17. The average Bonchev–Trinajstić information content (AvgIpc) is 2.54. The molecule has 0 radical (unpaired) electrons. The number of amides is 2. The van der Waals surface area contributed by atoms with Gasteiger partial charge in [0.15, 0.2) is 0 Å². The minimum atomic E-state index is -0.193. The van der Waals surface area contributed by atoms with Gasteiger partial charge < -0.3 is 20.6 Å². The minimum absolute atomic E-state index is 0.0697. The number of hydrogen-bond acceptors (Lipinski definition) is 3. The molecule has 0 aliphatic heterocycles. The Balaban J connectivity index is 1.94. The molecular weight excluding hydrogens is 278 g/mol. The van der Waals surface area contributed by atoms with Crippen molar-refractivity contribution >= 4 is 17.4 Å². The van der Waals surface area contributed by atoms with Crippen LogP contribution < -0.4 is 15.5 Å². The Hall–Kier alpha value is -1.75. The zero-order chi connectivity index (χ0) is 15.9. The number of carbonyl (C=O) groups excluding carboxylic acids is 1. The predicted octanol–water partition coefficient (Wildman–Crippen LogP) is 2.82. The Morgan fingerprint density at radius 1 is 1.36 bits per heavy atom. The molecule has 0 saturated heterocycles. The lowest BCUT2D eigenvalue weighted by molar-refractivity contribution is 0.156. The fourth-order valence-corrected chi connectivity index (χ4v) is 2.96. The fourth-order valence-electron chi connectivity index (χ4n) is 2.96. The number of aliphatic hydroxyl groups is 1. The zero-order valence-electron chi connectivity index (χ0n) is 13.5. The summed E-state index contributed by atoms with van der Waals surface area (Å²) in [5.74, 6) is 0.178. The molecule has 0 aromatic heterocycles. The largest absolute Gasteiger partial charge is 0.396 e. The van der Waals surface area contributed by atoms with Gasteiger partial charge in [-0.1, -0.05) is 18.9 Å². The third-order valence-electron chi connectivity index (χ3n) is 4.48. The van der Waals surface area contributed by atoms with E-state index in [4.69, 9.17) is 0 Å². The summed E-state index contributed by atoms with van der Waals surface area (Å²) in [4.78, 5) is 14.3. The van der Waals surface area contributed by atoms with Crippen molar-refractivity contribution in [2.24, 2.45) is 5.92 Å². The average molecular weight is 305 g/mol. The summed E-state index contributed by atoms with van der Waals surface area (Å²) < 4.78 is 0. The molecule has 2 amide bonds. The molecule has 5 heteroatoms. The van der Waals surface area contributed by atoms with E-state index in [1.54, 1.807) is 0 Å². The van der Waals surface area contributed by atoms with Crippen LogP contribution in [0.4, 0.5) is 16.2 Å². The molecule has 1 saturated carbocycles. The normalized spacial score (nSPS) is 21.2. The molecule has 1 fully saturated rings. The molecule has 3 N–H and O–H groups in total. The predicted molar refractivity (Wildman–Crippen MR) is 90.4 cm³/mol. The highest BCUT2D eigenvalue weighted by molar-refractivity contribution is 5.90. The molecule has 0 unspecified atom stereocenters. The number of anilines is 2. The third-order valence-corrected chi connectivity index (χ3v) is 4.48. The molecule has 122 valence electrons. The molecule has 1 aliphatic carbocycles. The molecule has 1 aromatic rings. The first kappa shape index (κ1) is 16.6. The van der Waals surface area contributed by atoms with E-state index in [2.05, 4.69) is 22.5 Å². The minimum Gasteiger partial charge on any atom is -0.396 e. The van der Waals surface area contributed by atoms with Crippen LogP contribution in [0.3, 0.4) is 0 Å². The van der Waals surface area contributed by atoms with E-state index in [-0.39, 0.29) is 24.6 Å². The van der Waals surface area contributed by atoms with Crippen LogP contribution in [0.5, 0.6) is 0 Å². The molecule has 2 rings (SSSR count). The van der Waals surface area contributed by atoms with E-state index < -0.39 is 0 Å². The number of nitrogens with one attached hydrogen (secondary N) is 2. The van der Waals surface area contributed by atoms with Crippen molar-refractivity contribution in [2.75, 3.05) is 30.4 Å². The number of urea groups is 1. The van der Waals surface area contributed by atoms with Crippen LogP contribution in [0.25, 0.3) is 0 Å². The van der Waals surface area contributed by atoms with Gasteiger partial charge >= 0.3 is 6.03 Å². The van der Waals surface area contributed by atoms with Crippen molar-refractivity contribution in [3.05, 3.63) is 24.3 Å². The highest BCUT2D eigenvalue weighted by atomic mass is 16.3. The number of carbonyl (C=O) groups is 1. The van der Waals surface area contributed by atoms with Crippen molar-refractivity contribution in [2.45, 2.75) is 38.6 Å². The van der Waals surface area contributed by atoms with Crippen molar-refractivity contribution < 1.29 is 9.90 Å². The van der Waals surface area contributed by atoms with Gasteiger partial charge in [-0.3, -0.25) is 0 Å². The topological polar surface area (TPSA) is 64.6 Å². The quantitative estimate of drug-likeness (QED) is 0.784. The number of aliphatic hydroxyl groups excluding tert-OH is 1. The smallest absolute Gasteiger partial charge is 0.319 e. The number of hydrogen-bond donors (Lipinski definition) is 3. The van der Waals surface area contributed by atoms with Gasteiger partial charge in [0.1, 0.15) is 0 Å². The summed E-state index contributed by atoms with van der Waals surface area (Å²) in [6.45, 7) is 3.14. The van der Waals surface area contributed by atoms with Crippen LogP contribution in [0, 0.1) is 5.92 Å². The van der Waals surface area contributed by atoms with E-state index >= 15 is 0 Å². The Kier molecular flexibility index (Phi) is 6.07. The van der Waals surface area contributed by atoms with Gasteiger partial charge in [-0.2, -0.15) is 0 Å². The summed E-state index contributed by atoms with van der Waals surface area (Å²) in [6, 6.07) is 7.69. The van der Waals surface area contributed by atoms with E-state index in [1.165, 1.54) is 0 Å². The molecule has 0 heterocycles. The molecule has 1 aliphatic rings. The van der Waals surface area contributed by atoms with Crippen molar-refractivity contribution in [1.82, 2.24) is 5.32 Å². The highest BCUT2D eigenvalue weighted by Crippen LogP contribution is 2.24. The second-order valence-electron chi connectivity index (χ2n) is 6.00. The maximum absolute atomic E-state index is 12.2. The maximum Gasteiger partial charge on any atom is 0.319 e. The van der Waals surface area contributed by atoms with E-state index in [0.29, 0.717) is 0 Å². The lowest BCUT2D eigenvalue weighted by Crippen LogP contribution is -2.45. The number of nitrogens with zero attached hydrogens (tertiary/aromatic N) is 1. The Bertz CT molecular complexity index is 493. The Morgan fingerprint density at radius 2 is 2.14 bits per heavy atom. The SMILES string of the molecule is CCN(C)c1cccc(NC(=O)N[C@H]2CCCC[C@H]2CO)c1. The second-order valence-corrected chi connectivity index (χ2v) is 6.00. The number of benzene rings is 1. The van der Waals surface area contributed by atoms with Crippen LogP contribution in [-0.2, 0) is 0 Å². The highest BCUT2D eigenvalue weighted by Gasteiger charge is 2.25. The van der Waals surface area contributed by atoms with Crippen LogP contribution in [0.1, 0.15) is 32.6 Å². The van der Waals surface area contributed by atoms with E-state index in [0.717, 1.165) is 43.6 Å². The van der Waals surface area contributed by atoms with Gasteiger partial charge in [0.05, 0.1) is 0 Å². The molecule has 5 nitrogen and oxygen atoms in total. The van der Waals surface area contributed by atoms with Crippen molar-refractivity contribution in [3.8, 4) is 0 Å². The Labute approximate surface area is 132 Å². The van der Waals surface area contributed by atoms with Crippen LogP contribution >= 0.6 is 0 Å². The fraction of sp³-hybridized carbons (Fsp3) is 0.588. The Morgan fingerprint density at radius 3 is 2.86 bits per heavy atom. The molecule has 22 heavy (non-hydrogen) atoms. The molecule has 0 bridgehead atoms. The summed E-state index contributed by atoms with van der Waals surface area (Å²) in [5.41, 5.74) is 1.86. The van der Waals surface area contributed by atoms with E-state index in [1.807, 2.05) is 31.3 Å². The summed E-state index contributed by atoms with van der Waals surface area (Å²) in [5, 5.41) is 15.3. The maximum atomic E-state index is 12.2. The van der Waals surface area contributed by atoms with Crippen molar-refractivity contribution in [3.63, 3.8) is 0 Å². The van der Waals surface area contributed by atoms with Gasteiger partial charge in [0.2, 0.25) is 0 Å². The third kappa shape index (κ3) is 4.37. The van der Waals surface area contributed by atoms with E-state index in [9.17, 15) is 9.90 Å². The van der Waals surface area contributed by atoms with Gasteiger partial charge in [-0.15, -0.1) is 0 Å². The monoisotopic (exact) mass is 305 g/mol. The van der Waals surface area contributed by atoms with Crippen LogP contribution in [0.15, 0.2) is 24.3 Å². The van der Waals surface area contributed by atoms with Gasteiger partial charge in [0, 0.05) is 43.5 Å². The summed E-state index contributed by atoms with van der Waals surface area (Å²) in [7, 11) is 2.02. The lowest BCUT2D eigenvalue weighted by atomic mass is 9.85. The molecule has 1 aromatic carbocycles. The van der Waals surface area contributed by atoms with Gasteiger partial charge in [0.25, 0.3) is 0 Å². The zero-order valence-corrected chi connectivity index (χ0v) is 13.5. The van der Waals surface area contributed by atoms with Gasteiger partial charge in [-0.25, -0.2) is 4.79 Å². The first-order valence-corrected chi connectivity index (χ1v) is 8.13. The lowest BCUT2D eigenvalue weighted by Gasteiger charge is -2.30. The first-order chi connectivity index (χ1) is 10.6. The second kappa shape index (κ2) is 8.03. The van der Waals surface area contributed by atoms with Crippen LogP contribution in [-0.4, -0.2) is 37.4 Å². The van der Waals surface area contributed by atoms with Crippen LogP contribution in [0.2, 0.25) is 0 Å². The standard InChI is InChI=1S/C17H27N3O2/c1-3-20(2)15-9-6-8-14(11-15)18-17(22)19-16-10-5-4-7-13(16)12-21/h6,8-9,11,13,16,21H,3-5,7,10,12H2,1-2H3,(H2,18,19,22)/t13-,16-/m0/s1. The van der Waals surface area contributed by atoms with Crippen molar-refractivity contribution in [1.29, 1.82) is 0 Å². The molecular formula is C17H27N3O2. The number of rotatable bonds is 5. The summed E-state index contributed by atoms with van der Waals surface area (Å²) >= 11 is 0. The molecule has 2 atom stereocenters. The molecule has 0 spiro atoms. The first-order valence-electron chi connectivity index (χ1n) is 8.13.